The maximum Gasteiger partial charge on any atom is 0.344 e. The summed E-state index contributed by atoms with van der Waals surface area (Å²) in [7, 11) is 0. The van der Waals surface area contributed by atoms with Crippen LogP contribution in [0.2, 0.25) is 0 Å². The number of nitrogens with one attached hydrogen (secondary N) is 3. The van der Waals surface area contributed by atoms with E-state index in [1.54, 1.807) is 12.3 Å². The normalized spacial score (nSPS) is 10.5. The topological polar surface area (TPSA) is 99.3 Å². The van der Waals surface area contributed by atoms with Gasteiger partial charge in [-0.05, 0) is 6.07 Å². The van der Waals surface area contributed by atoms with Crippen molar-refractivity contribution >= 4 is 0 Å². The molecule has 0 aliphatic carbocycles. The van der Waals surface area contributed by atoms with Crippen LogP contribution in [0.3, 0.4) is 0 Å². The van der Waals surface area contributed by atoms with Gasteiger partial charge in [-0.25, -0.2) is 24.4 Å². The molecule has 2 heterocycles. The zero-order chi connectivity index (χ0) is 9.26. The van der Waals surface area contributed by atoms with Gasteiger partial charge >= 0.3 is 11.4 Å². The standard InChI is InChI=1S/C6H7N5O2/c12-5-9-10-6(13)11(5)3-4-1-2-7-8-4/h1-2H,3H2,(H,7,8)(H,9,12)(H,10,13). The Balaban J connectivity index is 2.38. The van der Waals surface area contributed by atoms with E-state index in [0.29, 0.717) is 5.69 Å². The maximum atomic E-state index is 11.0. The number of hydrogen-bond donors (Lipinski definition) is 3. The van der Waals surface area contributed by atoms with Gasteiger partial charge in [0, 0.05) is 6.20 Å². The molecule has 0 bridgehead atoms. The van der Waals surface area contributed by atoms with E-state index in [2.05, 4.69) is 20.4 Å². The molecule has 0 spiro atoms. The summed E-state index contributed by atoms with van der Waals surface area (Å²) in [4.78, 5) is 22.0. The molecule has 2 aromatic heterocycles. The molecule has 0 fully saturated rings. The number of nitrogens with zero attached hydrogens (tertiary/aromatic N) is 2. The highest BCUT2D eigenvalue weighted by Gasteiger charge is 2.03. The van der Waals surface area contributed by atoms with Crippen molar-refractivity contribution in [2.24, 2.45) is 0 Å². The van der Waals surface area contributed by atoms with Crippen LogP contribution in [0, 0.1) is 0 Å². The Morgan fingerprint density at radius 1 is 1.31 bits per heavy atom. The van der Waals surface area contributed by atoms with Crippen molar-refractivity contribution in [3.8, 4) is 0 Å². The molecule has 0 atom stereocenters. The third-order valence-electron chi connectivity index (χ3n) is 1.65. The minimum Gasteiger partial charge on any atom is -0.281 e. The zero-order valence-corrected chi connectivity index (χ0v) is 6.57. The fourth-order valence-corrected chi connectivity index (χ4v) is 1.02. The molecular formula is C6H7N5O2. The molecule has 0 aromatic carbocycles. The Morgan fingerprint density at radius 2 is 2.00 bits per heavy atom. The smallest absolute Gasteiger partial charge is 0.281 e. The molecule has 0 amide bonds. The highest BCUT2D eigenvalue weighted by atomic mass is 16.2. The minimum absolute atomic E-state index is 0.192. The lowest BCUT2D eigenvalue weighted by Gasteiger charge is -1.93. The molecule has 2 aromatic rings. The maximum absolute atomic E-state index is 11.0. The molecule has 2 rings (SSSR count). The van der Waals surface area contributed by atoms with Gasteiger partial charge in [-0.3, -0.25) is 5.10 Å². The van der Waals surface area contributed by atoms with Gasteiger partial charge in [-0.15, -0.1) is 0 Å². The summed E-state index contributed by atoms with van der Waals surface area (Å²) in [6.45, 7) is 0.192. The molecule has 3 N–H and O–H groups in total. The molecule has 13 heavy (non-hydrogen) atoms. The highest BCUT2D eigenvalue weighted by molar-refractivity contribution is 4.97. The molecule has 0 unspecified atom stereocenters. The number of rotatable bonds is 2. The van der Waals surface area contributed by atoms with Crippen LogP contribution in [0.5, 0.6) is 0 Å². The highest BCUT2D eigenvalue weighted by Crippen LogP contribution is 1.90. The van der Waals surface area contributed by atoms with Crippen LogP contribution < -0.4 is 11.4 Å². The van der Waals surface area contributed by atoms with Gasteiger partial charge in [0.2, 0.25) is 0 Å². The number of aromatic amines is 3. The quantitative estimate of drug-likeness (QED) is 0.533. The van der Waals surface area contributed by atoms with Crippen molar-refractivity contribution in [1.82, 2.24) is 25.0 Å². The van der Waals surface area contributed by atoms with Crippen LogP contribution in [0.25, 0.3) is 0 Å². The van der Waals surface area contributed by atoms with Gasteiger partial charge in [-0.2, -0.15) is 5.10 Å². The van der Waals surface area contributed by atoms with E-state index in [1.807, 2.05) is 0 Å². The molecule has 0 aliphatic rings. The van der Waals surface area contributed by atoms with Crippen LogP contribution in [-0.2, 0) is 6.54 Å². The average Bonchev–Trinajstić information content (AvgIpc) is 2.70. The lowest BCUT2D eigenvalue weighted by atomic mass is 10.4. The summed E-state index contributed by atoms with van der Waals surface area (Å²) >= 11 is 0. The van der Waals surface area contributed by atoms with Crippen molar-refractivity contribution in [3.05, 3.63) is 38.9 Å². The second kappa shape index (κ2) is 2.77. The van der Waals surface area contributed by atoms with Crippen molar-refractivity contribution in [2.75, 3.05) is 0 Å². The van der Waals surface area contributed by atoms with Crippen molar-refractivity contribution in [2.45, 2.75) is 6.54 Å². The predicted molar refractivity (Wildman–Crippen MR) is 43.4 cm³/mol. The zero-order valence-electron chi connectivity index (χ0n) is 6.57. The predicted octanol–water partition coefficient (Wildman–Crippen LogP) is -1.36. The van der Waals surface area contributed by atoms with Gasteiger partial charge in [0.1, 0.15) is 0 Å². The fraction of sp³-hybridized carbons (Fsp3) is 0.167. The largest absolute Gasteiger partial charge is 0.344 e. The first-order valence-corrected chi connectivity index (χ1v) is 3.63. The average molecular weight is 181 g/mol. The number of H-pyrrole nitrogens is 3. The van der Waals surface area contributed by atoms with Gasteiger partial charge in [0.05, 0.1) is 12.2 Å². The van der Waals surface area contributed by atoms with Crippen LogP contribution in [-0.4, -0.2) is 25.0 Å². The molecule has 68 valence electrons. The van der Waals surface area contributed by atoms with E-state index in [0.717, 1.165) is 4.57 Å². The van der Waals surface area contributed by atoms with Crippen LogP contribution in [0.1, 0.15) is 5.69 Å². The minimum atomic E-state index is -0.459. The summed E-state index contributed by atoms with van der Waals surface area (Å²) in [5.41, 5.74) is -0.216. The van der Waals surface area contributed by atoms with E-state index in [-0.39, 0.29) is 6.54 Å². The second-order valence-corrected chi connectivity index (χ2v) is 2.53. The van der Waals surface area contributed by atoms with Crippen LogP contribution in [0.4, 0.5) is 0 Å². The summed E-state index contributed by atoms with van der Waals surface area (Å²) in [5.74, 6) is 0. The Morgan fingerprint density at radius 3 is 2.54 bits per heavy atom. The van der Waals surface area contributed by atoms with Crippen LogP contribution >= 0.6 is 0 Å². The van der Waals surface area contributed by atoms with Gasteiger partial charge < -0.3 is 0 Å². The first-order chi connectivity index (χ1) is 6.27. The molecule has 7 nitrogen and oxygen atoms in total. The van der Waals surface area contributed by atoms with Crippen molar-refractivity contribution in [3.63, 3.8) is 0 Å². The van der Waals surface area contributed by atoms with E-state index < -0.39 is 11.4 Å². The lowest BCUT2D eigenvalue weighted by Crippen LogP contribution is -2.27. The van der Waals surface area contributed by atoms with Crippen LogP contribution in [0.15, 0.2) is 21.9 Å². The van der Waals surface area contributed by atoms with Gasteiger partial charge in [0.15, 0.2) is 0 Å². The lowest BCUT2D eigenvalue weighted by molar-refractivity contribution is 0.712. The van der Waals surface area contributed by atoms with Gasteiger partial charge in [-0.1, -0.05) is 0 Å². The first kappa shape index (κ1) is 7.59. The van der Waals surface area contributed by atoms with Crippen molar-refractivity contribution < 1.29 is 0 Å². The Hall–Kier alpha value is -2.05. The first-order valence-electron chi connectivity index (χ1n) is 3.63. The molecule has 0 saturated heterocycles. The van der Waals surface area contributed by atoms with E-state index in [9.17, 15) is 9.59 Å². The Labute approximate surface area is 71.4 Å². The Bertz CT molecular complexity index is 460. The van der Waals surface area contributed by atoms with Crippen molar-refractivity contribution in [1.29, 1.82) is 0 Å². The molecule has 7 heteroatoms. The van der Waals surface area contributed by atoms with E-state index in [4.69, 9.17) is 0 Å². The number of hydrogen-bond acceptors (Lipinski definition) is 3. The fourth-order valence-electron chi connectivity index (χ4n) is 1.02. The molecule has 0 aliphatic heterocycles. The summed E-state index contributed by atoms with van der Waals surface area (Å²) < 4.78 is 1.04. The summed E-state index contributed by atoms with van der Waals surface area (Å²) in [6.07, 6.45) is 1.56. The summed E-state index contributed by atoms with van der Waals surface area (Å²) in [5, 5.41) is 10.7. The van der Waals surface area contributed by atoms with E-state index in [1.165, 1.54) is 0 Å². The molecular weight excluding hydrogens is 174 g/mol. The van der Waals surface area contributed by atoms with Gasteiger partial charge in [0.25, 0.3) is 0 Å². The molecule has 0 saturated carbocycles. The third kappa shape index (κ3) is 1.31. The van der Waals surface area contributed by atoms with E-state index >= 15 is 0 Å². The second-order valence-electron chi connectivity index (χ2n) is 2.53. The molecule has 0 radical (unpaired) electrons. The SMILES string of the molecule is O=c1[nH][nH]c(=O)n1Cc1ccn[nH]1. The summed E-state index contributed by atoms with van der Waals surface area (Å²) in [6, 6.07) is 1.69. The Kier molecular flexibility index (Phi) is 1.62. The monoisotopic (exact) mass is 181 g/mol. The number of aromatic nitrogens is 5. The third-order valence-corrected chi connectivity index (χ3v) is 1.65.